The predicted molar refractivity (Wildman–Crippen MR) is 158 cm³/mol. The van der Waals surface area contributed by atoms with E-state index < -0.39 is 28.8 Å². The van der Waals surface area contributed by atoms with Crippen molar-refractivity contribution in [2.24, 2.45) is 0 Å². The molecule has 232 valence electrons. The summed E-state index contributed by atoms with van der Waals surface area (Å²) in [6.07, 6.45) is -2.66. The van der Waals surface area contributed by atoms with E-state index in [1.165, 1.54) is 17.2 Å². The van der Waals surface area contributed by atoms with E-state index in [1.807, 2.05) is 0 Å². The lowest BCUT2D eigenvalue weighted by atomic mass is 9.83. The van der Waals surface area contributed by atoms with Crippen LogP contribution in [0.3, 0.4) is 0 Å². The first-order valence-corrected chi connectivity index (χ1v) is 14.3. The van der Waals surface area contributed by atoms with Crippen molar-refractivity contribution in [3.63, 3.8) is 0 Å². The molecule has 0 aliphatic carbocycles. The van der Waals surface area contributed by atoms with Crippen molar-refractivity contribution < 1.29 is 32.5 Å². The number of hydrogen-bond acceptors (Lipinski definition) is 8. The molecule has 0 radical (unpaired) electrons. The zero-order chi connectivity index (χ0) is 31.9. The van der Waals surface area contributed by atoms with E-state index in [0.29, 0.717) is 48.6 Å². The van der Waals surface area contributed by atoms with Crippen LogP contribution < -0.4 is 10.2 Å². The van der Waals surface area contributed by atoms with Crippen LogP contribution in [0.4, 0.5) is 35.3 Å². The van der Waals surface area contributed by atoms with Crippen molar-refractivity contribution >= 4 is 23.4 Å². The van der Waals surface area contributed by atoms with Crippen LogP contribution in [0.2, 0.25) is 0 Å². The number of nitrogens with zero attached hydrogens (tertiary/aromatic N) is 4. The third-order valence-electron chi connectivity index (χ3n) is 7.85. The number of ether oxygens (including phenoxy) is 2. The van der Waals surface area contributed by atoms with Gasteiger partial charge in [-0.25, -0.2) is 14.8 Å². The number of alkyl halides is 3. The molecule has 0 spiro atoms. The van der Waals surface area contributed by atoms with Crippen molar-refractivity contribution in [1.82, 2.24) is 9.97 Å². The molecule has 44 heavy (non-hydrogen) atoms. The summed E-state index contributed by atoms with van der Waals surface area (Å²) < 4.78 is 53.1. The molecule has 1 atom stereocenters. The Labute approximate surface area is 253 Å². The molecular formula is C32H34F3N5O4. The second kappa shape index (κ2) is 11.7. The highest BCUT2D eigenvalue weighted by Gasteiger charge is 2.44. The van der Waals surface area contributed by atoms with E-state index in [9.17, 15) is 28.3 Å². The number of nitriles is 1. The fraction of sp³-hybridized carbons (Fsp3) is 0.438. The monoisotopic (exact) mass is 609 g/mol. The number of aliphatic hydroxyl groups is 1. The molecular weight excluding hydrogens is 575 g/mol. The van der Waals surface area contributed by atoms with Crippen LogP contribution in [0, 0.1) is 11.3 Å². The van der Waals surface area contributed by atoms with Gasteiger partial charge in [-0.2, -0.15) is 18.4 Å². The molecule has 1 saturated heterocycles. The lowest BCUT2D eigenvalue weighted by molar-refractivity contribution is -0.138. The summed E-state index contributed by atoms with van der Waals surface area (Å²) in [5.41, 5.74) is 0.0993. The lowest BCUT2D eigenvalue weighted by Gasteiger charge is -2.26. The third-order valence-corrected chi connectivity index (χ3v) is 7.85. The molecule has 0 bridgehead atoms. The Morgan fingerprint density at radius 1 is 1.20 bits per heavy atom. The number of hydrogen-bond donors (Lipinski definition) is 2. The van der Waals surface area contributed by atoms with Gasteiger partial charge in [0.25, 0.3) is 0 Å². The second-order valence-corrected chi connectivity index (χ2v) is 12.4. The van der Waals surface area contributed by atoms with Gasteiger partial charge >= 0.3 is 12.3 Å². The molecule has 3 heterocycles. The van der Waals surface area contributed by atoms with Crippen molar-refractivity contribution in [3.8, 4) is 17.3 Å². The summed E-state index contributed by atoms with van der Waals surface area (Å²) in [5.74, 6) is -0.173. The maximum absolute atomic E-state index is 14.1. The van der Waals surface area contributed by atoms with Gasteiger partial charge in [-0.1, -0.05) is 13.0 Å². The van der Waals surface area contributed by atoms with E-state index >= 15 is 0 Å². The molecule has 2 N–H and O–H groups in total. The largest absolute Gasteiger partial charge is 0.443 e. The number of aromatic nitrogens is 2. The van der Waals surface area contributed by atoms with Crippen LogP contribution in [0.1, 0.15) is 68.7 Å². The van der Waals surface area contributed by atoms with E-state index in [2.05, 4.69) is 21.4 Å². The minimum atomic E-state index is -4.54. The molecule has 3 aromatic rings. The number of benzene rings is 2. The minimum absolute atomic E-state index is 0.0637. The molecule has 1 amide bonds. The number of aliphatic hydroxyl groups excluding tert-OH is 1. The average molecular weight is 610 g/mol. The van der Waals surface area contributed by atoms with E-state index in [0.717, 1.165) is 6.07 Å². The summed E-state index contributed by atoms with van der Waals surface area (Å²) in [7, 11) is 0. The Balaban J connectivity index is 1.49. The van der Waals surface area contributed by atoms with Gasteiger partial charge in [0, 0.05) is 42.6 Å². The highest BCUT2D eigenvalue weighted by atomic mass is 19.4. The number of halogens is 3. The SMILES string of the molecule is CC(C)(C)OC(=O)N1CC(C)(CO)c2cc(-c3ccnc(Nc4ccc(C5CCOCC5)c(C(F)(F)F)c4)n3)cc(C#N)c21. The fourth-order valence-electron chi connectivity index (χ4n) is 5.69. The van der Waals surface area contributed by atoms with Crippen molar-refractivity contribution in [1.29, 1.82) is 5.26 Å². The van der Waals surface area contributed by atoms with Crippen LogP contribution in [0.25, 0.3) is 11.3 Å². The Kier molecular flexibility index (Phi) is 8.31. The van der Waals surface area contributed by atoms with Gasteiger partial charge in [0.2, 0.25) is 5.95 Å². The number of nitrogens with one attached hydrogen (secondary N) is 1. The Morgan fingerprint density at radius 2 is 1.93 bits per heavy atom. The van der Waals surface area contributed by atoms with Gasteiger partial charge in [0.1, 0.15) is 11.7 Å². The number of anilines is 3. The van der Waals surface area contributed by atoms with Crippen LogP contribution in [0.15, 0.2) is 42.6 Å². The molecule has 1 fully saturated rings. The maximum Gasteiger partial charge on any atom is 0.416 e. The van der Waals surface area contributed by atoms with E-state index in [-0.39, 0.29) is 41.8 Å². The Hall–Kier alpha value is -4.21. The molecule has 9 nitrogen and oxygen atoms in total. The first kappa shape index (κ1) is 31.2. The highest BCUT2D eigenvalue weighted by Crippen LogP contribution is 2.45. The second-order valence-electron chi connectivity index (χ2n) is 12.4. The van der Waals surface area contributed by atoms with Crippen LogP contribution >= 0.6 is 0 Å². The fourth-order valence-corrected chi connectivity index (χ4v) is 5.69. The average Bonchev–Trinajstić information content (AvgIpc) is 3.29. The quantitative estimate of drug-likeness (QED) is 0.329. The minimum Gasteiger partial charge on any atom is -0.443 e. The van der Waals surface area contributed by atoms with Crippen molar-refractivity contribution in [3.05, 3.63) is 64.8 Å². The molecule has 1 aromatic heterocycles. The molecule has 12 heteroatoms. The van der Waals surface area contributed by atoms with Crippen molar-refractivity contribution in [2.45, 2.75) is 63.6 Å². The van der Waals surface area contributed by atoms with Crippen molar-refractivity contribution in [2.75, 3.05) is 36.6 Å². The first-order chi connectivity index (χ1) is 20.7. The van der Waals surface area contributed by atoms with Gasteiger partial charge in [0.15, 0.2) is 0 Å². The zero-order valence-corrected chi connectivity index (χ0v) is 25.0. The zero-order valence-electron chi connectivity index (χ0n) is 25.0. The summed E-state index contributed by atoms with van der Waals surface area (Å²) in [6.45, 7) is 7.68. The number of fused-ring (bicyclic) bond motifs is 1. The maximum atomic E-state index is 14.1. The standard InChI is InChI=1S/C32H34F3N5O4/c1-30(2,3)44-29(42)40-17-31(4,18-41)25-14-20(13-21(16-36)27(25)40)26-7-10-37-28(39-26)38-22-5-6-23(19-8-11-43-12-9-19)24(15-22)32(33,34)35/h5-7,10,13-15,19,41H,8-9,11-12,17-18H2,1-4H3,(H,37,38,39). The Bertz CT molecular complexity index is 1610. The normalized spacial score (nSPS) is 18.9. The van der Waals surface area contributed by atoms with E-state index in [4.69, 9.17) is 9.47 Å². The summed E-state index contributed by atoms with van der Waals surface area (Å²) >= 11 is 0. The van der Waals surface area contributed by atoms with Gasteiger partial charge in [-0.05, 0) is 81.0 Å². The molecule has 0 saturated carbocycles. The van der Waals surface area contributed by atoms with Crippen LogP contribution in [-0.2, 0) is 21.1 Å². The predicted octanol–water partition coefficient (Wildman–Crippen LogP) is 6.68. The first-order valence-electron chi connectivity index (χ1n) is 14.3. The lowest BCUT2D eigenvalue weighted by Crippen LogP contribution is -2.40. The molecule has 2 aliphatic rings. The smallest absolute Gasteiger partial charge is 0.416 e. The molecule has 5 rings (SSSR count). The third kappa shape index (κ3) is 6.34. The Morgan fingerprint density at radius 3 is 2.57 bits per heavy atom. The summed E-state index contributed by atoms with van der Waals surface area (Å²) in [5, 5.41) is 23.3. The molecule has 2 aromatic carbocycles. The van der Waals surface area contributed by atoms with Gasteiger partial charge in [0.05, 0.1) is 29.1 Å². The number of rotatable bonds is 5. The summed E-state index contributed by atoms with van der Waals surface area (Å²) in [6, 6.07) is 11.2. The van der Waals surface area contributed by atoms with E-state index in [1.54, 1.807) is 52.0 Å². The molecule has 1 unspecified atom stereocenters. The highest BCUT2D eigenvalue weighted by molar-refractivity contribution is 5.95. The van der Waals surface area contributed by atoms with Gasteiger partial charge < -0.3 is 19.9 Å². The number of carbonyl (C=O) groups is 1. The van der Waals surface area contributed by atoms with Crippen LogP contribution in [0.5, 0.6) is 0 Å². The van der Waals surface area contributed by atoms with Crippen LogP contribution in [-0.4, -0.2) is 53.1 Å². The summed E-state index contributed by atoms with van der Waals surface area (Å²) in [4.78, 5) is 23.2. The number of amides is 1. The van der Waals surface area contributed by atoms with Gasteiger partial charge in [-0.15, -0.1) is 0 Å². The topological polar surface area (TPSA) is 121 Å². The molecule has 2 aliphatic heterocycles. The van der Waals surface area contributed by atoms with Gasteiger partial charge in [-0.3, -0.25) is 4.90 Å². The number of carbonyl (C=O) groups excluding carboxylic acids is 1.